The predicted octanol–water partition coefficient (Wildman–Crippen LogP) is 5.64. The molecule has 2 aromatic rings. The van der Waals surface area contributed by atoms with Crippen molar-refractivity contribution in [1.82, 2.24) is 9.80 Å². The Labute approximate surface area is 175 Å². The molecule has 29 heavy (non-hydrogen) atoms. The quantitative estimate of drug-likeness (QED) is 0.630. The van der Waals surface area contributed by atoms with E-state index in [1.807, 2.05) is 6.92 Å². The molecule has 1 aliphatic carbocycles. The van der Waals surface area contributed by atoms with Crippen molar-refractivity contribution in [3.8, 4) is 0 Å². The molecule has 0 unspecified atom stereocenters. The summed E-state index contributed by atoms with van der Waals surface area (Å²) in [4.78, 5) is 15.7. The van der Waals surface area contributed by atoms with E-state index >= 15 is 0 Å². The third kappa shape index (κ3) is 5.83. The van der Waals surface area contributed by atoms with Gasteiger partial charge < -0.3 is 10.0 Å². The van der Waals surface area contributed by atoms with Crippen molar-refractivity contribution in [2.45, 2.75) is 64.7 Å². The summed E-state index contributed by atoms with van der Waals surface area (Å²) in [5, 5.41) is 9.43. The first-order chi connectivity index (χ1) is 14.1. The van der Waals surface area contributed by atoms with Crippen molar-refractivity contribution < 1.29 is 9.90 Å². The minimum absolute atomic E-state index is 0.178. The molecule has 0 aliphatic heterocycles. The van der Waals surface area contributed by atoms with E-state index in [1.54, 1.807) is 4.90 Å². The molecule has 0 radical (unpaired) electrons. The smallest absolute Gasteiger partial charge is 0.407 e. The fourth-order valence-corrected chi connectivity index (χ4v) is 4.72. The SMILES string of the molecule is CCN(C(=O)O)C1CCC([C@H](C)N(Cc2ccccc2)Cc2ccccc2)CC1. The number of benzene rings is 2. The Kier molecular flexibility index (Phi) is 7.70. The molecule has 4 heteroatoms. The summed E-state index contributed by atoms with van der Waals surface area (Å²) < 4.78 is 0. The van der Waals surface area contributed by atoms with E-state index < -0.39 is 6.09 Å². The highest BCUT2D eigenvalue weighted by Crippen LogP contribution is 2.33. The summed E-state index contributed by atoms with van der Waals surface area (Å²) in [5.41, 5.74) is 2.68. The molecule has 1 N–H and O–H groups in total. The van der Waals surface area contributed by atoms with Gasteiger partial charge in [-0.1, -0.05) is 60.7 Å². The van der Waals surface area contributed by atoms with Crippen LogP contribution in [0, 0.1) is 5.92 Å². The first-order valence-corrected chi connectivity index (χ1v) is 10.9. The molecule has 0 heterocycles. The zero-order valence-corrected chi connectivity index (χ0v) is 17.7. The first kappa shape index (κ1) is 21.4. The Morgan fingerprint density at radius 2 is 1.41 bits per heavy atom. The van der Waals surface area contributed by atoms with Crippen LogP contribution in [0.3, 0.4) is 0 Å². The largest absolute Gasteiger partial charge is 0.465 e. The first-order valence-electron chi connectivity index (χ1n) is 10.9. The maximum atomic E-state index is 11.5. The second-order valence-electron chi connectivity index (χ2n) is 8.25. The summed E-state index contributed by atoms with van der Waals surface area (Å²) in [5.74, 6) is 0.603. The Bertz CT molecular complexity index is 700. The van der Waals surface area contributed by atoms with E-state index in [0.717, 1.165) is 38.8 Å². The Morgan fingerprint density at radius 3 is 1.83 bits per heavy atom. The average Bonchev–Trinajstić information content (AvgIpc) is 2.75. The molecule has 3 rings (SSSR count). The molecule has 1 fully saturated rings. The molecule has 0 spiro atoms. The van der Waals surface area contributed by atoms with Crippen LogP contribution >= 0.6 is 0 Å². The number of carbonyl (C=O) groups is 1. The van der Waals surface area contributed by atoms with E-state index in [2.05, 4.69) is 72.5 Å². The van der Waals surface area contributed by atoms with Gasteiger partial charge in [-0.2, -0.15) is 0 Å². The fourth-order valence-electron chi connectivity index (χ4n) is 4.72. The van der Waals surface area contributed by atoms with Crippen LogP contribution in [0.25, 0.3) is 0 Å². The van der Waals surface area contributed by atoms with Crippen molar-refractivity contribution in [2.24, 2.45) is 5.92 Å². The maximum absolute atomic E-state index is 11.5. The minimum Gasteiger partial charge on any atom is -0.465 e. The van der Waals surface area contributed by atoms with Crippen LogP contribution in [-0.2, 0) is 13.1 Å². The van der Waals surface area contributed by atoms with Crippen LogP contribution in [0.4, 0.5) is 4.79 Å². The topological polar surface area (TPSA) is 43.8 Å². The van der Waals surface area contributed by atoms with Crippen molar-refractivity contribution in [1.29, 1.82) is 0 Å². The van der Waals surface area contributed by atoms with Gasteiger partial charge in [0.1, 0.15) is 0 Å². The lowest BCUT2D eigenvalue weighted by molar-refractivity contribution is 0.0757. The third-order valence-electron chi connectivity index (χ3n) is 6.48. The molecule has 2 aromatic carbocycles. The zero-order chi connectivity index (χ0) is 20.6. The summed E-state index contributed by atoms with van der Waals surface area (Å²) >= 11 is 0. The van der Waals surface area contributed by atoms with Crippen molar-refractivity contribution >= 4 is 6.09 Å². The normalized spacial score (nSPS) is 20.4. The van der Waals surface area contributed by atoms with Gasteiger partial charge in [0, 0.05) is 31.7 Å². The van der Waals surface area contributed by atoms with Crippen molar-refractivity contribution in [3.63, 3.8) is 0 Å². The highest BCUT2D eigenvalue weighted by atomic mass is 16.4. The Morgan fingerprint density at radius 1 is 0.931 bits per heavy atom. The van der Waals surface area contributed by atoms with Crippen LogP contribution in [0.1, 0.15) is 50.7 Å². The van der Waals surface area contributed by atoms with Crippen LogP contribution in [0.2, 0.25) is 0 Å². The number of nitrogens with zero attached hydrogens (tertiary/aromatic N) is 2. The van der Waals surface area contributed by atoms with Crippen molar-refractivity contribution in [2.75, 3.05) is 6.54 Å². The monoisotopic (exact) mass is 394 g/mol. The molecule has 0 aromatic heterocycles. The fraction of sp³-hybridized carbons (Fsp3) is 0.480. The summed E-state index contributed by atoms with van der Waals surface area (Å²) in [6.07, 6.45) is 3.35. The Hall–Kier alpha value is -2.33. The summed E-state index contributed by atoms with van der Waals surface area (Å²) in [6, 6.07) is 22.0. The summed E-state index contributed by atoms with van der Waals surface area (Å²) in [7, 11) is 0. The predicted molar refractivity (Wildman–Crippen MR) is 118 cm³/mol. The molecule has 0 saturated heterocycles. The molecule has 1 atom stereocenters. The van der Waals surface area contributed by atoms with Crippen LogP contribution in [-0.4, -0.2) is 39.6 Å². The second-order valence-corrected chi connectivity index (χ2v) is 8.25. The number of hydrogen-bond acceptors (Lipinski definition) is 2. The highest BCUT2D eigenvalue weighted by Gasteiger charge is 2.32. The lowest BCUT2D eigenvalue weighted by Crippen LogP contribution is -2.45. The molecule has 1 aliphatic rings. The number of carboxylic acid groups (broad SMARTS) is 1. The molecule has 156 valence electrons. The van der Waals surface area contributed by atoms with Gasteiger partial charge in [-0.05, 0) is 56.6 Å². The maximum Gasteiger partial charge on any atom is 0.407 e. The number of rotatable bonds is 8. The van der Waals surface area contributed by atoms with Gasteiger partial charge in [0.15, 0.2) is 0 Å². The van der Waals surface area contributed by atoms with E-state index in [4.69, 9.17) is 0 Å². The molecule has 0 bridgehead atoms. The van der Waals surface area contributed by atoms with Gasteiger partial charge in [0.25, 0.3) is 0 Å². The number of hydrogen-bond donors (Lipinski definition) is 1. The summed E-state index contributed by atoms with van der Waals surface area (Å²) in [6.45, 7) is 6.74. The number of amides is 1. The lowest BCUT2D eigenvalue weighted by Gasteiger charge is -2.40. The van der Waals surface area contributed by atoms with Gasteiger partial charge in [-0.15, -0.1) is 0 Å². The molecular formula is C25H34N2O2. The zero-order valence-electron chi connectivity index (χ0n) is 17.7. The van der Waals surface area contributed by atoms with Gasteiger partial charge in [-0.3, -0.25) is 4.90 Å². The van der Waals surface area contributed by atoms with Crippen LogP contribution < -0.4 is 0 Å². The lowest BCUT2D eigenvalue weighted by atomic mass is 9.80. The van der Waals surface area contributed by atoms with E-state index in [-0.39, 0.29) is 6.04 Å². The molecule has 1 saturated carbocycles. The van der Waals surface area contributed by atoms with Gasteiger partial charge >= 0.3 is 6.09 Å². The molecular weight excluding hydrogens is 360 g/mol. The van der Waals surface area contributed by atoms with Gasteiger partial charge in [0.2, 0.25) is 0 Å². The highest BCUT2D eigenvalue weighted by molar-refractivity contribution is 5.65. The third-order valence-corrected chi connectivity index (χ3v) is 6.48. The molecule has 4 nitrogen and oxygen atoms in total. The van der Waals surface area contributed by atoms with Crippen LogP contribution in [0.5, 0.6) is 0 Å². The van der Waals surface area contributed by atoms with Crippen molar-refractivity contribution in [3.05, 3.63) is 71.8 Å². The van der Waals surface area contributed by atoms with Gasteiger partial charge in [0.05, 0.1) is 0 Å². The van der Waals surface area contributed by atoms with E-state index in [0.29, 0.717) is 18.5 Å². The standard InChI is InChI=1S/C25H34N2O2/c1-3-27(25(28)29)24-16-14-23(15-17-24)20(2)26(18-21-10-6-4-7-11-21)19-22-12-8-5-9-13-22/h4-13,20,23-24H,3,14-19H2,1-2H3,(H,28,29)/t20-,23?,24?/m0/s1. The van der Waals surface area contributed by atoms with E-state index in [9.17, 15) is 9.90 Å². The molecule has 1 amide bonds. The Balaban J connectivity index is 1.68. The van der Waals surface area contributed by atoms with Gasteiger partial charge in [-0.25, -0.2) is 4.79 Å². The average molecular weight is 395 g/mol. The van der Waals surface area contributed by atoms with Crippen LogP contribution in [0.15, 0.2) is 60.7 Å². The second kappa shape index (κ2) is 10.4. The minimum atomic E-state index is -0.779. The van der Waals surface area contributed by atoms with E-state index in [1.165, 1.54) is 11.1 Å².